The number of carbonyl (C=O) groups is 1. The summed E-state index contributed by atoms with van der Waals surface area (Å²) in [5, 5.41) is 2.95. The van der Waals surface area contributed by atoms with Gasteiger partial charge in [0.2, 0.25) is 5.91 Å². The minimum absolute atomic E-state index is 0.0710. The van der Waals surface area contributed by atoms with Crippen molar-refractivity contribution in [1.82, 2.24) is 15.3 Å². The molecule has 3 rings (SSSR count). The lowest BCUT2D eigenvalue weighted by Gasteiger charge is -2.39. The van der Waals surface area contributed by atoms with Crippen molar-refractivity contribution in [3.8, 4) is 11.3 Å². The molecule has 0 radical (unpaired) electrons. The SMILES string of the molecule is CCCNC(=O)C1CN(c2cc(-c3ccccc3)ncn2)C1. The van der Waals surface area contributed by atoms with Crippen LogP contribution in [0.2, 0.25) is 0 Å². The lowest BCUT2D eigenvalue weighted by molar-refractivity contribution is -0.125. The fourth-order valence-corrected chi connectivity index (χ4v) is 2.51. The Balaban J connectivity index is 1.64. The molecule has 5 heteroatoms. The second-order valence-corrected chi connectivity index (χ2v) is 5.52. The highest BCUT2D eigenvalue weighted by Gasteiger charge is 2.33. The van der Waals surface area contributed by atoms with E-state index in [0.29, 0.717) is 0 Å². The van der Waals surface area contributed by atoms with Crippen molar-refractivity contribution in [2.45, 2.75) is 13.3 Å². The fourth-order valence-electron chi connectivity index (χ4n) is 2.51. The summed E-state index contributed by atoms with van der Waals surface area (Å²) < 4.78 is 0. The van der Waals surface area contributed by atoms with Gasteiger partial charge in [-0.3, -0.25) is 4.79 Å². The summed E-state index contributed by atoms with van der Waals surface area (Å²) in [6, 6.07) is 12.0. The lowest BCUT2D eigenvalue weighted by atomic mass is 9.99. The molecule has 1 aromatic heterocycles. The van der Waals surface area contributed by atoms with Crippen LogP contribution in [0.3, 0.4) is 0 Å². The second kappa shape index (κ2) is 6.56. The Bertz CT molecular complexity index is 638. The molecule has 0 bridgehead atoms. The van der Waals surface area contributed by atoms with Gasteiger partial charge in [0.1, 0.15) is 12.1 Å². The third kappa shape index (κ3) is 3.08. The predicted octanol–water partition coefficient (Wildman–Crippen LogP) is 2.11. The van der Waals surface area contributed by atoms with Crippen LogP contribution in [0.25, 0.3) is 11.3 Å². The van der Waals surface area contributed by atoms with Gasteiger partial charge in [0.05, 0.1) is 11.6 Å². The molecule has 1 amide bonds. The lowest BCUT2D eigenvalue weighted by Crippen LogP contribution is -2.54. The molecule has 0 atom stereocenters. The van der Waals surface area contributed by atoms with E-state index in [2.05, 4.69) is 27.1 Å². The van der Waals surface area contributed by atoms with Gasteiger partial charge in [-0.2, -0.15) is 0 Å². The molecule has 1 aliphatic heterocycles. The van der Waals surface area contributed by atoms with E-state index >= 15 is 0 Å². The van der Waals surface area contributed by atoms with E-state index in [1.165, 1.54) is 0 Å². The molecule has 0 spiro atoms. The summed E-state index contributed by atoms with van der Waals surface area (Å²) in [6.07, 6.45) is 2.55. The Kier molecular flexibility index (Phi) is 4.32. The maximum atomic E-state index is 11.9. The van der Waals surface area contributed by atoms with Crippen molar-refractivity contribution in [2.24, 2.45) is 5.92 Å². The van der Waals surface area contributed by atoms with E-state index in [1.54, 1.807) is 6.33 Å². The molecule has 2 heterocycles. The van der Waals surface area contributed by atoms with Gasteiger partial charge in [0.25, 0.3) is 0 Å². The number of benzene rings is 1. The van der Waals surface area contributed by atoms with E-state index in [4.69, 9.17) is 0 Å². The standard InChI is InChI=1S/C17H20N4O/c1-2-8-18-17(22)14-10-21(11-14)16-9-15(19-12-20-16)13-6-4-3-5-7-13/h3-7,9,12,14H,2,8,10-11H2,1H3,(H,18,22). The molecular formula is C17H20N4O. The van der Waals surface area contributed by atoms with Crippen LogP contribution in [0.4, 0.5) is 5.82 Å². The molecule has 1 fully saturated rings. The number of amides is 1. The van der Waals surface area contributed by atoms with Crippen molar-refractivity contribution in [3.63, 3.8) is 0 Å². The summed E-state index contributed by atoms with van der Waals surface area (Å²) in [5.41, 5.74) is 1.98. The van der Waals surface area contributed by atoms with Crippen LogP contribution >= 0.6 is 0 Å². The topological polar surface area (TPSA) is 58.1 Å². The quantitative estimate of drug-likeness (QED) is 0.918. The van der Waals surface area contributed by atoms with Crippen molar-refractivity contribution in [3.05, 3.63) is 42.7 Å². The van der Waals surface area contributed by atoms with Crippen LogP contribution in [0.1, 0.15) is 13.3 Å². The van der Waals surface area contributed by atoms with Crippen LogP contribution in [-0.4, -0.2) is 35.5 Å². The third-order valence-electron chi connectivity index (χ3n) is 3.85. The van der Waals surface area contributed by atoms with Gasteiger partial charge in [0.15, 0.2) is 0 Å². The number of rotatable bonds is 5. The Morgan fingerprint density at radius 1 is 1.27 bits per heavy atom. The molecule has 0 unspecified atom stereocenters. The molecule has 0 aliphatic carbocycles. The van der Waals surface area contributed by atoms with E-state index in [1.807, 2.05) is 36.4 Å². The predicted molar refractivity (Wildman–Crippen MR) is 86.5 cm³/mol. The number of hydrogen-bond acceptors (Lipinski definition) is 4. The zero-order chi connectivity index (χ0) is 15.4. The van der Waals surface area contributed by atoms with Gasteiger partial charge in [-0.1, -0.05) is 37.3 Å². The highest BCUT2D eigenvalue weighted by Crippen LogP contribution is 2.26. The van der Waals surface area contributed by atoms with Gasteiger partial charge in [-0.05, 0) is 6.42 Å². The molecule has 114 valence electrons. The monoisotopic (exact) mass is 296 g/mol. The van der Waals surface area contributed by atoms with Crippen molar-refractivity contribution < 1.29 is 4.79 Å². The number of aromatic nitrogens is 2. The molecule has 0 saturated carbocycles. The highest BCUT2D eigenvalue weighted by atomic mass is 16.2. The van der Waals surface area contributed by atoms with Gasteiger partial charge in [-0.25, -0.2) is 9.97 Å². The first-order valence-corrected chi connectivity index (χ1v) is 7.68. The maximum absolute atomic E-state index is 11.9. The summed E-state index contributed by atoms with van der Waals surface area (Å²) >= 11 is 0. The first-order chi connectivity index (χ1) is 10.8. The molecular weight excluding hydrogens is 276 g/mol. The fraction of sp³-hybridized carbons (Fsp3) is 0.353. The van der Waals surface area contributed by atoms with Gasteiger partial charge in [0, 0.05) is 31.3 Å². The average Bonchev–Trinajstić information content (AvgIpc) is 2.53. The smallest absolute Gasteiger partial charge is 0.226 e. The minimum atomic E-state index is 0.0710. The van der Waals surface area contributed by atoms with E-state index in [-0.39, 0.29) is 11.8 Å². The van der Waals surface area contributed by atoms with Crippen LogP contribution in [0.5, 0.6) is 0 Å². The normalized spacial score (nSPS) is 14.5. The van der Waals surface area contributed by atoms with Crippen molar-refractivity contribution >= 4 is 11.7 Å². The molecule has 5 nitrogen and oxygen atoms in total. The largest absolute Gasteiger partial charge is 0.356 e. The summed E-state index contributed by atoms with van der Waals surface area (Å²) in [5.74, 6) is 1.10. The van der Waals surface area contributed by atoms with E-state index < -0.39 is 0 Å². The van der Waals surface area contributed by atoms with E-state index in [9.17, 15) is 4.79 Å². The number of nitrogens with one attached hydrogen (secondary N) is 1. The van der Waals surface area contributed by atoms with Crippen molar-refractivity contribution in [1.29, 1.82) is 0 Å². The molecule has 1 N–H and O–H groups in total. The Morgan fingerprint density at radius 3 is 2.77 bits per heavy atom. The van der Waals surface area contributed by atoms with Gasteiger partial charge in [-0.15, -0.1) is 0 Å². The van der Waals surface area contributed by atoms with Crippen LogP contribution in [0, 0.1) is 5.92 Å². The molecule has 22 heavy (non-hydrogen) atoms. The molecule has 2 aromatic rings. The summed E-state index contributed by atoms with van der Waals surface area (Å²) in [4.78, 5) is 22.6. The van der Waals surface area contributed by atoms with Crippen LogP contribution in [0.15, 0.2) is 42.7 Å². The number of carbonyl (C=O) groups excluding carboxylic acids is 1. The number of hydrogen-bond donors (Lipinski definition) is 1. The minimum Gasteiger partial charge on any atom is -0.356 e. The Labute approximate surface area is 130 Å². The zero-order valence-electron chi connectivity index (χ0n) is 12.7. The van der Waals surface area contributed by atoms with Crippen LogP contribution < -0.4 is 10.2 Å². The number of anilines is 1. The third-order valence-corrected chi connectivity index (χ3v) is 3.85. The Hall–Kier alpha value is -2.43. The molecule has 1 aliphatic rings. The Morgan fingerprint density at radius 2 is 2.05 bits per heavy atom. The average molecular weight is 296 g/mol. The summed E-state index contributed by atoms with van der Waals surface area (Å²) in [7, 11) is 0. The summed E-state index contributed by atoms with van der Waals surface area (Å²) in [6.45, 7) is 4.25. The number of nitrogens with zero attached hydrogens (tertiary/aromatic N) is 3. The first kappa shape index (κ1) is 14.5. The van der Waals surface area contributed by atoms with Gasteiger partial charge >= 0.3 is 0 Å². The first-order valence-electron chi connectivity index (χ1n) is 7.68. The zero-order valence-corrected chi connectivity index (χ0v) is 12.7. The highest BCUT2D eigenvalue weighted by molar-refractivity contribution is 5.81. The maximum Gasteiger partial charge on any atom is 0.226 e. The van der Waals surface area contributed by atoms with Gasteiger partial charge < -0.3 is 10.2 Å². The second-order valence-electron chi connectivity index (χ2n) is 5.52. The van der Waals surface area contributed by atoms with Crippen LogP contribution in [-0.2, 0) is 4.79 Å². The molecule has 1 saturated heterocycles. The van der Waals surface area contributed by atoms with E-state index in [0.717, 1.165) is 43.1 Å². The molecule has 1 aromatic carbocycles. The van der Waals surface area contributed by atoms with Crippen molar-refractivity contribution in [2.75, 3.05) is 24.5 Å².